The lowest BCUT2D eigenvalue weighted by Crippen LogP contribution is -2.25. The summed E-state index contributed by atoms with van der Waals surface area (Å²) in [4.78, 5) is 24.8. The summed E-state index contributed by atoms with van der Waals surface area (Å²) in [5.41, 5.74) is 1.32. The van der Waals surface area contributed by atoms with E-state index in [9.17, 15) is 9.59 Å². The Balaban J connectivity index is 1.87. The molecule has 0 aromatic heterocycles. The van der Waals surface area contributed by atoms with Gasteiger partial charge in [0.05, 0.1) is 26.0 Å². The zero-order valence-corrected chi connectivity index (χ0v) is 22.4. The third-order valence-electron chi connectivity index (χ3n) is 5.85. The minimum absolute atomic E-state index is 0.141. The highest BCUT2D eigenvalue weighted by atomic mass is 31.2. The summed E-state index contributed by atoms with van der Waals surface area (Å²) < 4.78 is 15.6. The lowest BCUT2D eigenvalue weighted by atomic mass is 10.1. The van der Waals surface area contributed by atoms with Crippen LogP contribution in [0.4, 0.5) is 5.69 Å². The molecule has 5 nitrogen and oxygen atoms in total. The van der Waals surface area contributed by atoms with Crippen LogP contribution in [0.5, 0.6) is 0 Å². The molecular weight excluding hydrogens is 493 g/mol. The number of ether oxygens (including phenoxy) is 2. The van der Waals surface area contributed by atoms with E-state index in [-0.39, 0.29) is 18.8 Å². The molecule has 6 heteroatoms. The van der Waals surface area contributed by atoms with Crippen molar-refractivity contribution in [2.75, 3.05) is 13.2 Å². The molecule has 0 aliphatic heterocycles. The van der Waals surface area contributed by atoms with E-state index in [4.69, 9.17) is 14.2 Å². The van der Waals surface area contributed by atoms with Crippen LogP contribution in [-0.2, 0) is 19.1 Å². The van der Waals surface area contributed by atoms with Crippen LogP contribution >= 0.6 is 7.05 Å². The van der Waals surface area contributed by atoms with Crippen LogP contribution in [-0.4, -0.2) is 25.2 Å². The van der Waals surface area contributed by atoms with Crippen LogP contribution in [0.2, 0.25) is 0 Å². The van der Waals surface area contributed by atoms with Gasteiger partial charge < -0.3 is 9.47 Å². The van der Waals surface area contributed by atoms with E-state index in [0.29, 0.717) is 5.56 Å². The maximum absolute atomic E-state index is 12.4. The van der Waals surface area contributed by atoms with Crippen molar-refractivity contribution in [2.45, 2.75) is 13.8 Å². The number of benzene rings is 4. The van der Waals surface area contributed by atoms with Crippen LogP contribution in [0, 0.1) is 0 Å². The molecule has 4 aromatic rings. The fraction of sp³-hybridized carbons (Fsp3) is 0.125. The van der Waals surface area contributed by atoms with Crippen molar-refractivity contribution in [2.24, 2.45) is 4.74 Å². The fourth-order valence-electron chi connectivity index (χ4n) is 4.15. The molecule has 0 atom stereocenters. The van der Waals surface area contributed by atoms with Crippen LogP contribution in [0.3, 0.4) is 0 Å². The van der Waals surface area contributed by atoms with Crippen molar-refractivity contribution in [1.29, 1.82) is 0 Å². The van der Waals surface area contributed by atoms with Crippen LogP contribution < -0.4 is 15.9 Å². The van der Waals surface area contributed by atoms with Crippen molar-refractivity contribution in [3.63, 3.8) is 0 Å². The van der Waals surface area contributed by atoms with E-state index in [1.165, 1.54) is 6.08 Å². The highest BCUT2D eigenvalue weighted by Gasteiger charge is 2.27. The van der Waals surface area contributed by atoms with Crippen LogP contribution in [0.15, 0.2) is 126 Å². The number of carbonyl (C=O) groups excluding carboxylic acids is 2. The van der Waals surface area contributed by atoms with E-state index in [1.54, 1.807) is 13.8 Å². The Bertz CT molecular complexity index is 1320. The van der Waals surface area contributed by atoms with Gasteiger partial charge in [-0.25, -0.2) is 9.59 Å². The SMILES string of the molecule is CCOC(=O)C(=Cc1ccc(N=P(c2ccccc2)(c2ccccc2)c2ccccc2)cc1)C(=O)OCC. The molecule has 38 heavy (non-hydrogen) atoms. The highest BCUT2D eigenvalue weighted by molar-refractivity contribution is 7.87. The van der Waals surface area contributed by atoms with Gasteiger partial charge in [-0.3, -0.25) is 4.74 Å². The molecule has 0 saturated carbocycles. The van der Waals surface area contributed by atoms with Crippen molar-refractivity contribution < 1.29 is 19.1 Å². The largest absolute Gasteiger partial charge is 0.462 e. The average molecular weight is 524 g/mol. The molecule has 0 radical (unpaired) electrons. The highest BCUT2D eigenvalue weighted by Crippen LogP contribution is 2.49. The van der Waals surface area contributed by atoms with Crippen LogP contribution in [0.1, 0.15) is 19.4 Å². The predicted molar refractivity (Wildman–Crippen MR) is 155 cm³/mol. The molecule has 192 valence electrons. The van der Waals surface area contributed by atoms with Gasteiger partial charge in [-0.1, -0.05) is 103 Å². The number of carbonyl (C=O) groups is 2. The van der Waals surface area contributed by atoms with Gasteiger partial charge in [0.1, 0.15) is 5.57 Å². The maximum atomic E-state index is 12.4. The topological polar surface area (TPSA) is 65.0 Å². The monoisotopic (exact) mass is 523 g/mol. The molecule has 4 aromatic carbocycles. The predicted octanol–water partition coefficient (Wildman–Crippen LogP) is 6.01. The standard InChI is InChI=1S/C32H30NO4P/c1-3-36-31(34)30(32(35)37-4-2)24-25-20-22-26(23-21-25)33-38(27-14-8-5-9-15-27,28-16-10-6-11-17-28)29-18-12-7-13-19-29/h5-24H,3-4H2,1-2H3. The Morgan fingerprint density at radius 3 is 1.39 bits per heavy atom. The fourth-order valence-corrected chi connectivity index (χ4v) is 7.68. The van der Waals surface area contributed by atoms with E-state index >= 15 is 0 Å². The van der Waals surface area contributed by atoms with Crippen molar-refractivity contribution >= 4 is 46.7 Å². The Kier molecular flexibility index (Phi) is 9.07. The Morgan fingerprint density at radius 1 is 0.632 bits per heavy atom. The van der Waals surface area contributed by atoms with Gasteiger partial charge in [-0.15, -0.1) is 0 Å². The van der Waals surface area contributed by atoms with E-state index in [2.05, 4.69) is 36.4 Å². The van der Waals surface area contributed by atoms with E-state index in [1.807, 2.05) is 78.9 Å². The molecule has 0 spiro atoms. The van der Waals surface area contributed by atoms with Crippen LogP contribution in [0.25, 0.3) is 6.08 Å². The first-order chi connectivity index (χ1) is 18.6. The van der Waals surface area contributed by atoms with Gasteiger partial charge in [0, 0.05) is 15.9 Å². The minimum Gasteiger partial charge on any atom is -0.462 e. The quantitative estimate of drug-likeness (QED) is 0.0887. The number of hydrogen-bond acceptors (Lipinski definition) is 5. The summed E-state index contributed by atoms with van der Waals surface area (Å²) in [7, 11) is -2.41. The zero-order valence-electron chi connectivity index (χ0n) is 21.5. The third kappa shape index (κ3) is 6.01. The van der Waals surface area contributed by atoms with Crippen molar-refractivity contribution in [3.05, 3.63) is 126 Å². The second-order valence-electron chi connectivity index (χ2n) is 8.33. The average Bonchev–Trinajstić information content (AvgIpc) is 2.97. The molecule has 0 amide bonds. The second kappa shape index (κ2) is 12.8. The Labute approximate surface area is 223 Å². The molecule has 4 rings (SSSR count). The van der Waals surface area contributed by atoms with Gasteiger partial charge in [-0.2, -0.15) is 0 Å². The Hall–Kier alpha value is -4.21. The number of hydrogen-bond donors (Lipinski definition) is 0. The molecular formula is C32H30NO4P. The lowest BCUT2D eigenvalue weighted by molar-refractivity contribution is -0.146. The maximum Gasteiger partial charge on any atom is 0.345 e. The molecule has 0 aliphatic carbocycles. The summed E-state index contributed by atoms with van der Waals surface area (Å²) in [5.74, 6) is -1.41. The van der Waals surface area contributed by atoms with Crippen molar-refractivity contribution in [1.82, 2.24) is 0 Å². The van der Waals surface area contributed by atoms with Crippen molar-refractivity contribution in [3.8, 4) is 0 Å². The molecule has 0 saturated heterocycles. The first-order valence-electron chi connectivity index (χ1n) is 12.5. The second-order valence-corrected chi connectivity index (χ2v) is 11.4. The third-order valence-corrected chi connectivity index (χ3v) is 9.52. The number of rotatable bonds is 9. The summed E-state index contributed by atoms with van der Waals surface area (Å²) in [6.45, 7) is 3.71. The zero-order chi connectivity index (χ0) is 26.8. The van der Waals surface area contributed by atoms with E-state index < -0.39 is 19.0 Å². The van der Waals surface area contributed by atoms with E-state index in [0.717, 1.165) is 21.6 Å². The number of nitrogens with zero attached hydrogens (tertiary/aromatic N) is 1. The molecule has 0 fully saturated rings. The molecule has 0 unspecified atom stereocenters. The minimum atomic E-state index is -2.41. The molecule has 0 heterocycles. The summed E-state index contributed by atoms with van der Waals surface area (Å²) in [6, 6.07) is 38.6. The van der Waals surface area contributed by atoms with Gasteiger partial charge in [0.25, 0.3) is 0 Å². The molecule has 0 aliphatic rings. The lowest BCUT2D eigenvalue weighted by Gasteiger charge is -2.27. The first kappa shape index (κ1) is 26.8. The number of esters is 2. The van der Waals surface area contributed by atoms with Gasteiger partial charge in [0.15, 0.2) is 0 Å². The smallest absolute Gasteiger partial charge is 0.345 e. The van der Waals surface area contributed by atoms with Gasteiger partial charge in [0.2, 0.25) is 0 Å². The first-order valence-corrected chi connectivity index (χ1v) is 14.3. The summed E-state index contributed by atoms with van der Waals surface area (Å²) >= 11 is 0. The molecule has 0 N–H and O–H groups in total. The molecule has 0 bridgehead atoms. The normalized spacial score (nSPS) is 10.8. The van der Waals surface area contributed by atoms with Gasteiger partial charge >= 0.3 is 11.9 Å². The van der Waals surface area contributed by atoms with Gasteiger partial charge in [-0.05, 0) is 37.6 Å². The Morgan fingerprint density at radius 2 is 1.03 bits per heavy atom. The summed E-state index contributed by atoms with van der Waals surface area (Å²) in [6.07, 6.45) is 1.49. The summed E-state index contributed by atoms with van der Waals surface area (Å²) in [5, 5.41) is 3.44.